The van der Waals surface area contributed by atoms with Crippen LogP contribution in [0.15, 0.2) is 66.7 Å². The summed E-state index contributed by atoms with van der Waals surface area (Å²) in [6.45, 7) is -0.00738. The highest BCUT2D eigenvalue weighted by Crippen LogP contribution is 2.34. The van der Waals surface area contributed by atoms with Crippen molar-refractivity contribution in [2.75, 3.05) is 0 Å². The summed E-state index contributed by atoms with van der Waals surface area (Å²) in [6, 6.07) is 19.7. The van der Waals surface area contributed by atoms with Gasteiger partial charge in [-0.3, -0.25) is 0 Å². The maximum absolute atomic E-state index is 11.8. The molecule has 0 bridgehead atoms. The molecule has 1 heterocycles. The van der Waals surface area contributed by atoms with Gasteiger partial charge in [0.1, 0.15) is 0 Å². The van der Waals surface area contributed by atoms with Crippen molar-refractivity contribution in [2.24, 2.45) is 0 Å². The number of halogens is 4. The molecule has 0 radical (unpaired) electrons. The van der Waals surface area contributed by atoms with Crippen LogP contribution in [-0.2, 0) is 22.6 Å². The number of fused-ring (bicyclic) bond motifs is 1. The van der Waals surface area contributed by atoms with Crippen molar-refractivity contribution in [3.05, 3.63) is 97.9 Å². The Morgan fingerprint density at radius 1 is 0.879 bits per heavy atom. The fourth-order valence-electron chi connectivity index (χ4n) is 3.47. The summed E-state index contributed by atoms with van der Waals surface area (Å²) in [5.41, 5.74) is 3.42. The summed E-state index contributed by atoms with van der Waals surface area (Å²) in [5, 5.41) is 12.4. The number of hydrogen-bond donors (Lipinski definition) is 1. The Kier molecular flexibility index (Phi) is 7.42. The number of ether oxygens (including phenoxy) is 1. The van der Waals surface area contributed by atoms with Crippen LogP contribution in [0, 0.1) is 0 Å². The van der Waals surface area contributed by atoms with E-state index in [9.17, 15) is 9.90 Å². The first-order valence-electron chi connectivity index (χ1n) is 9.95. The van der Waals surface area contributed by atoms with Gasteiger partial charge in [-0.25, -0.2) is 9.78 Å². The quantitative estimate of drug-likeness (QED) is 0.271. The molecule has 0 saturated heterocycles. The van der Waals surface area contributed by atoms with Crippen molar-refractivity contribution >= 4 is 63.3 Å². The normalized spacial score (nSPS) is 12.1. The summed E-state index contributed by atoms with van der Waals surface area (Å²) in [5.74, 6) is -1.07. The summed E-state index contributed by atoms with van der Waals surface area (Å²) >= 11 is 24.9. The van der Waals surface area contributed by atoms with Gasteiger partial charge in [0, 0.05) is 33.0 Å². The Morgan fingerprint density at radius 2 is 1.52 bits per heavy atom. The molecule has 0 spiro atoms. The fraction of sp³-hybridized carbons (Fsp3) is 0.120. The van der Waals surface area contributed by atoms with Gasteiger partial charge >= 0.3 is 5.97 Å². The Hall–Kier alpha value is -2.34. The molecule has 1 N–H and O–H groups in total. The first kappa shape index (κ1) is 23.8. The van der Waals surface area contributed by atoms with Crippen LogP contribution in [0.2, 0.25) is 20.1 Å². The smallest absolute Gasteiger partial charge is 0.333 e. The van der Waals surface area contributed by atoms with E-state index in [4.69, 9.17) is 51.1 Å². The number of pyridine rings is 1. The zero-order valence-corrected chi connectivity index (χ0v) is 20.1. The van der Waals surface area contributed by atoms with Crippen LogP contribution in [0.4, 0.5) is 0 Å². The number of nitrogens with zero attached hydrogens (tertiary/aromatic N) is 1. The van der Waals surface area contributed by atoms with Crippen LogP contribution < -0.4 is 0 Å². The molecule has 1 atom stereocenters. The second-order valence-electron chi connectivity index (χ2n) is 7.36. The van der Waals surface area contributed by atoms with Gasteiger partial charge < -0.3 is 9.84 Å². The SMILES string of the molecule is O=C(O)C(Cc1ccc2nc(-c3c(Cl)cccc3Cl)ccc2c1)OCc1c(Cl)cccc1Cl. The number of aliphatic carboxylic acids is 1. The lowest BCUT2D eigenvalue weighted by Crippen LogP contribution is -2.26. The first-order chi connectivity index (χ1) is 15.8. The third-order valence-corrected chi connectivity index (χ3v) is 6.50. The molecule has 4 nitrogen and oxygen atoms in total. The van der Waals surface area contributed by atoms with Crippen molar-refractivity contribution in [1.29, 1.82) is 0 Å². The number of benzene rings is 3. The molecule has 0 aliphatic carbocycles. The van der Waals surface area contributed by atoms with Crippen molar-refractivity contribution in [3.8, 4) is 11.3 Å². The molecule has 0 aliphatic rings. The summed E-state index contributed by atoms with van der Waals surface area (Å²) < 4.78 is 5.66. The maximum atomic E-state index is 11.8. The van der Waals surface area contributed by atoms with Gasteiger partial charge in [-0.2, -0.15) is 0 Å². The van der Waals surface area contributed by atoms with E-state index in [1.165, 1.54) is 0 Å². The molecular weight excluding hydrogens is 504 g/mol. The highest BCUT2D eigenvalue weighted by atomic mass is 35.5. The molecule has 4 rings (SSSR count). The van der Waals surface area contributed by atoms with E-state index in [-0.39, 0.29) is 13.0 Å². The molecular formula is C25H17Cl4NO3. The highest BCUT2D eigenvalue weighted by molar-refractivity contribution is 6.39. The van der Waals surface area contributed by atoms with E-state index in [2.05, 4.69) is 4.98 Å². The topological polar surface area (TPSA) is 59.4 Å². The summed E-state index contributed by atoms with van der Waals surface area (Å²) in [7, 11) is 0. The Bertz CT molecular complexity index is 1300. The van der Waals surface area contributed by atoms with Gasteiger partial charge in [0.15, 0.2) is 6.10 Å². The van der Waals surface area contributed by atoms with E-state index in [0.29, 0.717) is 36.9 Å². The fourth-order valence-corrected chi connectivity index (χ4v) is 4.57. The number of carbonyl (C=O) groups is 1. The monoisotopic (exact) mass is 519 g/mol. The number of rotatable bonds is 7. The lowest BCUT2D eigenvalue weighted by atomic mass is 10.0. The van der Waals surface area contributed by atoms with Gasteiger partial charge in [-0.1, -0.05) is 70.7 Å². The van der Waals surface area contributed by atoms with Gasteiger partial charge in [0.25, 0.3) is 0 Å². The van der Waals surface area contributed by atoms with E-state index in [1.807, 2.05) is 30.3 Å². The second kappa shape index (κ2) is 10.3. The maximum Gasteiger partial charge on any atom is 0.333 e. The van der Waals surface area contributed by atoms with Crippen molar-refractivity contribution in [3.63, 3.8) is 0 Å². The Balaban J connectivity index is 1.55. The molecule has 3 aromatic carbocycles. The predicted octanol–water partition coefficient (Wildman–Crippen LogP) is 7.73. The van der Waals surface area contributed by atoms with E-state index < -0.39 is 12.1 Å². The van der Waals surface area contributed by atoms with Gasteiger partial charge in [-0.05, 0) is 48.0 Å². The molecule has 4 aromatic rings. The average Bonchev–Trinajstić information content (AvgIpc) is 2.77. The molecule has 0 aliphatic heterocycles. The van der Waals surface area contributed by atoms with Crippen LogP contribution in [0.25, 0.3) is 22.2 Å². The van der Waals surface area contributed by atoms with E-state index in [1.54, 1.807) is 36.4 Å². The van der Waals surface area contributed by atoms with Gasteiger partial charge in [0.2, 0.25) is 0 Å². The number of carboxylic acid groups (broad SMARTS) is 1. The average molecular weight is 521 g/mol. The zero-order valence-electron chi connectivity index (χ0n) is 17.1. The lowest BCUT2D eigenvalue weighted by molar-refractivity contribution is -0.151. The molecule has 0 amide bonds. The third-order valence-electron chi connectivity index (χ3n) is 5.16. The van der Waals surface area contributed by atoms with Crippen LogP contribution in [0.5, 0.6) is 0 Å². The molecule has 0 saturated carbocycles. The predicted molar refractivity (Wildman–Crippen MR) is 134 cm³/mol. The van der Waals surface area contributed by atoms with Crippen molar-refractivity contribution in [2.45, 2.75) is 19.1 Å². The molecule has 8 heteroatoms. The van der Waals surface area contributed by atoms with Crippen LogP contribution in [0.3, 0.4) is 0 Å². The number of hydrogen-bond acceptors (Lipinski definition) is 3. The number of aromatic nitrogens is 1. The molecule has 0 fully saturated rings. The minimum Gasteiger partial charge on any atom is -0.479 e. The molecule has 1 aromatic heterocycles. The Morgan fingerprint density at radius 3 is 2.15 bits per heavy atom. The van der Waals surface area contributed by atoms with Crippen LogP contribution in [0.1, 0.15) is 11.1 Å². The summed E-state index contributed by atoms with van der Waals surface area (Å²) in [4.78, 5) is 16.5. The van der Waals surface area contributed by atoms with Crippen LogP contribution >= 0.6 is 46.4 Å². The first-order valence-corrected chi connectivity index (χ1v) is 11.5. The second-order valence-corrected chi connectivity index (χ2v) is 8.99. The molecule has 33 heavy (non-hydrogen) atoms. The summed E-state index contributed by atoms with van der Waals surface area (Å²) in [6.07, 6.45) is -0.894. The lowest BCUT2D eigenvalue weighted by Gasteiger charge is -2.16. The van der Waals surface area contributed by atoms with Gasteiger partial charge in [-0.15, -0.1) is 0 Å². The van der Waals surface area contributed by atoms with Crippen LogP contribution in [-0.4, -0.2) is 22.2 Å². The third kappa shape index (κ3) is 5.43. The molecule has 1 unspecified atom stereocenters. The van der Waals surface area contributed by atoms with Gasteiger partial charge in [0.05, 0.1) is 27.9 Å². The molecule has 168 valence electrons. The van der Waals surface area contributed by atoms with Crippen molar-refractivity contribution < 1.29 is 14.6 Å². The minimum atomic E-state index is -1.07. The Labute approximate surface area is 210 Å². The highest BCUT2D eigenvalue weighted by Gasteiger charge is 2.20. The largest absolute Gasteiger partial charge is 0.479 e. The number of carboxylic acids is 1. The standard InChI is InChI=1S/C25H17Cl4NO3/c26-17-3-1-4-18(27)16(17)13-33-23(25(31)32)12-14-7-9-21-15(11-14)8-10-22(30-21)24-19(28)5-2-6-20(24)29/h1-11,23H,12-13H2,(H,31,32). The van der Waals surface area contributed by atoms with Crippen molar-refractivity contribution in [1.82, 2.24) is 4.98 Å². The minimum absolute atomic E-state index is 0.00738. The zero-order chi connectivity index (χ0) is 23.5. The van der Waals surface area contributed by atoms with E-state index >= 15 is 0 Å². The van der Waals surface area contributed by atoms with E-state index in [0.717, 1.165) is 16.5 Å².